The van der Waals surface area contributed by atoms with Gasteiger partial charge in [-0.05, 0) is 26.7 Å². The molecular weight excluding hydrogens is 220 g/mol. The minimum absolute atomic E-state index is 0.481. The number of hydrogen-bond donors (Lipinski definition) is 2. The number of oxime groups is 1. The fraction of sp³-hybridized carbons (Fsp3) is 0.545. The molecule has 0 radical (unpaired) electrons. The first-order valence-corrected chi connectivity index (χ1v) is 5.60. The Balaban J connectivity index is 2.87. The first-order chi connectivity index (χ1) is 8.13. The van der Waals surface area contributed by atoms with Gasteiger partial charge in [0.1, 0.15) is 0 Å². The van der Waals surface area contributed by atoms with Gasteiger partial charge in [0, 0.05) is 5.56 Å². The van der Waals surface area contributed by atoms with E-state index >= 15 is 0 Å². The van der Waals surface area contributed by atoms with Crippen LogP contribution >= 0.6 is 0 Å². The summed E-state index contributed by atoms with van der Waals surface area (Å²) < 4.78 is 5.12. The van der Waals surface area contributed by atoms with Crippen molar-refractivity contribution in [1.82, 2.24) is 5.16 Å². The van der Waals surface area contributed by atoms with Gasteiger partial charge in [-0.2, -0.15) is 5.10 Å². The highest BCUT2D eigenvalue weighted by Gasteiger charge is 2.10. The monoisotopic (exact) mass is 238 g/mol. The van der Waals surface area contributed by atoms with Crippen LogP contribution in [-0.2, 0) is 6.42 Å². The van der Waals surface area contributed by atoms with Crippen LogP contribution in [0.5, 0.6) is 0 Å². The van der Waals surface area contributed by atoms with Crippen molar-refractivity contribution in [2.75, 3.05) is 5.43 Å². The quantitative estimate of drug-likeness (QED) is 0.469. The van der Waals surface area contributed by atoms with Crippen LogP contribution in [0.2, 0.25) is 0 Å². The highest BCUT2D eigenvalue weighted by atomic mass is 16.5. The maximum Gasteiger partial charge on any atom is 0.248 e. The van der Waals surface area contributed by atoms with Crippen LogP contribution in [0.1, 0.15) is 38.4 Å². The van der Waals surface area contributed by atoms with E-state index in [1.165, 1.54) is 0 Å². The lowest BCUT2D eigenvalue weighted by Crippen LogP contribution is -2.11. The molecule has 0 bridgehead atoms. The second kappa shape index (κ2) is 6.03. The molecule has 94 valence electrons. The summed E-state index contributed by atoms with van der Waals surface area (Å²) in [5, 5.41) is 19.8. The Labute approximate surface area is 100 Å². The summed E-state index contributed by atoms with van der Waals surface area (Å²) in [6.45, 7) is 7.53. The average Bonchev–Trinajstić information content (AvgIpc) is 2.70. The first kappa shape index (κ1) is 13.2. The minimum Gasteiger partial charge on any atom is -0.411 e. The second-order valence-corrected chi connectivity index (χ2v) is 3.64. The van der Waals surface area contributed by atoms with Crippen molar-refractivity contribution < 1.29 is 9.73 Å². The van der Waals surface area contributed by atoms with Crippen LogP contribution in [0.15, 0.2) is 14.8 Å². The third-order valence-corrected chi connectivity index (χ3v) is 2.53. The molecule has 6 nitrogen and oxygen atoms in total. The molecule has 0 saturated heterocycles. The second-order valence-electron chi connectivity index (χ2n) is 3.64. The van der Waals surface area contributed by atoms with Crippen LogP contribution in [-0.4, -0.2) is 21.8 Å². The van der Waals surface area contributed by atoms with E-state index in [1.54, 1.807) is 6.92 Å². The van der Waals surface area contributed by atoms with Crippen LogP contribution in [0.3, 0.4) is 0 Å². The van der Waals surface area contributed by atoms with Crippen LogP contribution in [0.4, 0.5) is 5.88 Å². The largest absolute Gasteiger partial charge is 0.411 e. The van der Waals surface area contributed by atoms with Gasteiger partial charge in [0.25, 0.3) is 0 Å². The summed E-state index contributed by atoms with van der Waals surface area (Å²) in [5.41, 5.74) is 5.83. The summed E-state index contributed by atoms with van der Waals surface area (Å²) in [7, 11) is 0. The molecule has 1 heterocycles. The van der Waals surface area contributed by atoms with E-state index in [9.17, 15) is 0 Å². The molecular formula is C11H18N4O2. The average molecular weight is 238 g/mol. The van der Waals surface area contributed by atoms with Crippen molar-refractivity contribution in [2.24, 2.45) is 10.3 Å². The van der Waals surface area contributed by atoms with Crippen LogP contribution in [0, 0.1) is 6.92 Å². The zero-order chi connectivity index (χ0) is 12.8. The number of nitrogens with zero attached hydrogens (tertiary/aromatic N) is 3. The Kier molecular flexibility index (Phi) is 4.68. The molecule has 0 fully saturated rings. The maximum absolute atomic E-state index is 8.68. The molecule has 1 aromatic rings. The van der Waals surface area contributed by atoms with E-state index in [4.69, 9.17) is 9.73 Å². The molecule has 0 aliphatic heterocycles. The highest BCUT2D eigenvalue weighted by molar-refractivity contribution is 6.41. The fourth-order valence-corrected chi connectivity index (χ4v) is 1.48. The van der Waals surface area contributed by atoms with Gasteiger partial charge in [0.2, 0.25) is 5.88 Å². The summed E-state index contributed by atoms with van der Waals surface area (Å²) in [4.78, 5) is 0. The van der Waals surface area contributed by atoms with Gasteiger partial charge in [0.05, 0.1) is 17.1 Å². The van der Waals surface area contributed by atoms with Gasteiger partial charge in [-0.25, -0.2) is 5.43 Å². The summed E-state index contributed by atoms with van der Waals surface area (Å²) >= 11 is 0. The van der Waals surface area contributed by atoms with Crippen molar-refractivity contribution in [3.05, 3.63) is 11.3 Å². The predicted molar refractivity (Wildman–Crippen MR) is 66.9 cm³/mol. The zero-order valence-electron chi connectivity index (χ0n) is 10.6. The van der Waals surface area contributed by atoms with Gasteiger partial charge in [-0.15, -0.1) is 0 Å². The summed E-state index contributed by atoms with van der Waals surface area (Å²) in [5.74, 6) is 0.543. The van der Waals surface area contributed by atoms with Gasteiger partial charge >= 0.3 is 0 Å². The third-order valence-electron chi connectivity index (χ3n) is 2.53. The molecule has 0 aliphatic carbocycles. The van der Waals surface area contributed by atoms with Gasteiger partial charge in [-0.3, -0.25) is 0 Å². The Hall–Kier alpha value is -1.85. The Morgan fingerprint density at radius 1 is 1.47 bits per heavy atom. The van der Waals surface area contributed by atoms with Gasteiger partial charge in [0.15, 0.2) is 0 Å². The lowest BCUT2D eigenvalue weighted by molar-refractivity contribution is 0.320. The van der Waals surface area contributed by atoms with Crippen LogP contribution in [0.25, 0.3) is 0 Å². The van der Waals surface area contributed by atoms with Crippen molar-refractivity contribution >= 4 is 17.3 Å². The number of aryl methyl sites for hydroxylation is 1. The normalized spacial score (nSPS) is 12.9. The first-order valence-electron chi connectivity index (χ1n) is 5.60. The highest BCUT2D eigenvalue weighted by Crippen LogP contribution is 2.19. The number of nitrogens with one attached hydrogen (secondary N) is 1. The number of hydrogen-bond acceptors (Lipinski definition) is 6. The molecule has 2 N–H and O–H groups in total. The summed E-state index contributed by atoms with van der Waals surface area (Å²) in [6, 6.07) is 0. The minimum atomic E-state index is 0.481. The Morgan fingerprint density at radius 2 is 2.18 bits per heavy atom. The molecule has 0 aromatic carbocycles. The molecule has 0 unspecified atom stereocenters. The van der Waals surface area contributed by atoms with Crippen LogP contribution < -0.4 is 5.43 Å². The van der Waals surface area contributed by atoms with Gasteiger partial charge < -0.3 is 9.73 Å². The van der Waals surface area contributed by atoms with E-state index in [0.29, 0.717) is 23.7 Å². The lowest BCUT2D eigenvalue weighted by Gasteiger charge is -2.02. The predicted octanol–water partition coefficient (Wildman–Crippen LogP) is 2.57. The molecule has 0 amide bonds. The number of hydrazone groups is 1. The van der Waals surface area contributed by atoms with E-state index in [1.807, 2.05) is 20.8 Å². The molecule has 1 rings (SSSR count). The molecule has 0 spiro atoms. The van der Waals surface area contributed by atoms with E-state index in [2.05, 4.69) is 20.8 Å². The van der Waals surface area contributed by atoms with Crippen molar-refractivity contribution in [1.29, 1.82) is 0 Å². The SMILES string of the molecule is CCC(=N\Nc1onc(C)c1CC)/C(C)=N/O. The van der Waals surface area contributed by atoms with Gasteiger partial charge in [-0.1, -0.05) is 24.2 Å². The lowest BCUT2D eigenvalue weighted by atomic mass is 10.2. The summed E-state index contributed by atoms with van der Waals surface area (Å²) in [6.07, 6.45) is 1.49. The zero-order valence-corrected chi connectivity index (χ0v) is 10.6. The van der Waals surface area contributed by atoms with E-state index in [-0.39, 0.29) is 0 Å². The van der Waals surface area contributed by atoms with Crippen molar-refractivity contribution in [3.8, 4) is 0 Å². The van der Waals surface area contributed by atoms with Crippen molar-refractivity contribution in [2.45, 2.75) is 40.5 Å². The van der Waals surface area contributed by atoms with E-state index in [0.717, 1.165) is 17.7 Å². The Morgan fingerprint density at radius 3 is 2.71 bits per heavy atom. The standard InChI is InChI=1S/C11H18N4O2/c1-5-9-7(3)15-17-11(9)13-12-10(6-2)8(4)14-16/h13,16H,5-6H2,1-4H3/b12-10+,14-8+. The van der Waals surface area contributed by atoms with Crippen molar-refractivity contribution in [3.63, 3.8) is 0 Å². The molecule has 6 heteroatoms. The topological polar surface area (TPSA) is 83.0 Å². The molecule has 1 aromatic heterocycles. The molecule has 0 saturated carbocycles. The molecule has 17 heavy (non-hydrogen) atoms. The fourth-order valence-electron chi connectivity index (χ4n) is 1.48. The smallest absolute Gasteiger partial charge is 0.248 e. The third kappa shape index (κ3) is 3.05. The molecule has 0 atom stereocenters. The molecule has 0 aliphatic rings. The number of rotatable bonds is 5. The number of aromatic nitrogens is 1. The maximum atomic E-state index is 8.68. The Bertz CT molecular complexity index is 435. The number of anilines is 1. The van der Waals surface area contributed by atoms with E-state index < -0.39 is 0 Å².